The lowest BCUT2D eigenvalue weighted by molar-refractivity contribution is 0.283. The molecule has 0 unspecified atom stereocenters. The van der Waals surface area contributed by atoms with E-state index in [1.807, 2.05) is 6.07 Å². The third kappa shape index (κ3) is 4.09. The highest BCUT2D eigenvalue weighted by molar-refractivity contribution is 7.80. The number of benzene rings is 1. The molecule has 2 rings (SSSR count). The Morgan fingerprint density at radius 1 is 1.39 bits per heavy atom. The van der Waals surface area contributed by atoms with E-state index < -0.39 is 0 Å². The van der Waals surface area contributed by atoms with Crippen LogP contribution in [0.15, 0.2) is 35.4 Å². The minimum Gasteiger partial charge on any atom is -0.375 e. The van der Waals surface area contributed by atoms with Crippen molar-refractivity contribution in [2.24, 2.45) is 10.8 Å². The van der Waals surface area contributed by atoms with Gasteiger partial charge in [0, 0.05) is 13.1 Å². The maximum absolute atomic E-state index is 5.37. The first-order valence-electron chi connectivity index (χ1n) is 6.11. The highest BCUT2D eigenvalue weighted by Gasteiger charge is 2.15. The average Bonchev–Trinajstić information content (AvgIpc) is 2.38. The molecule has 0 aliphatic carbocycles. The first kappa shape index (κ1) is 13.0. The Balaban J connectivity index is 1.91. The van der Waals surface area contributed by atoms with E-state index in [-0.39, 0.29) is 5.11 Å². The normalized spacial score (nSPS) is 18.8. The molecule has 1 aliphatic rings. The zero-order valence-electron chi connectivity index (χ0n) is 10.3. The topological polar surface area (TPSA) is 53.6 Å². The monoisotopic (exact) mass is 262 g/mol. The summed E-state index contributed by atoms with van der Waals surface area (Å²) >= 11 is 4.74. The van der Waals surface area contributed by atoms with Crippen molar-refractivity contribution in [1.82, 2.24) is 10.3 Å². The van der Waals surface area contributed by atoms with E-state index in [9.17, 15) is 0 Å². The highest BCUT2D eigenvalue weighted by Crippen LogP contribution is 2.11. The molecular formula is C13H18N4S. The fraction of sp³-hybridized carbons (Fsp3) is 0.385. The molecule has 0 radical (unpaired) electrons. The molecule has 0 bridgehead atoms. The van der Waals surface area contributed by atoms with E-state index in [1.54, 1.807) is 0 Å². The Labute approximate surface area is 113 Å². The molecule has 1 fully saturated rings. The molecule has 96 valence electrons. The predicted molar refractivity (Wildman–Crippen MR) is 78.3 cm³/mol. The third-order valence-corrected chi connectivity index (χ3v) is 3.01. The molecule has 1 saturated heterocycles. The van der Waals surface area contributed by atoms with Gasteiger partial charge in [-0.15, -0.1) is 0 Å². The molecule has 1 aromatic carbocycles. The minimum absolute atomic E-state index is 0.225. The molecule has 0 aromatic heterocycles. The van der Waals surface area contributed by atoms with Gasteiger partial charge in [0.25, 0.3) is 0 Å². The van der Waals surface area contributed by atoms with Gasteiger partial charge in [0.2, 0.25) is 0 Å². The molecule has 1 heterocycles. The van der Waals surface area contributed by atoms with Gasteiger partial charge < -0.3 is 5.73 Å². The summed E-state index contributed by atoms with van der Waals surface area (Å²) in [6.45, 7) is 2.96. The van der Waals surface area contributed by atoms with Crippen molar-refractivity contribution in [3.63, 3.8) is 0 Å². The maximum atomic E-state index is 5.37. The summed E-state index contributed by atoms with van der Waals surface area (Å²) in [5, 5.41) is 4.46. The molecule has 5 heteroatoms. The smallest absolute Gasteiger partial charge is 0.184 e. The van der Waals surface area contributed by atoms with Gasteiger partial charge in [-0.05, 0) is 37.2 Å². The van der Waals surface area contributed by atoms with Crippen molar-refractivity contribution >= 4 is 23.0 Å². The average molecular weight is 262 g/mol. The lowest BCUT2D eigenvalue weighted by Gasteiger charge is -2.27. The van der Waals surface area contributed by atoms with Crippen molar-refractivity contribution in [3.05, 3.63) is 35.9 Å². The van der Waals surface area contributed by atoms with Crippen LogP contribution in [0.25, 0.3) is 0 Å². The Hall–Kier alpha value is -1.46. The number of nitrogens with one attached hydrogen (secondary N) is 1. The minimum atomic E-state index is 0.225. The number of nitrogens with zero attached hydrogens (tertiary/aromatic N) is 2. The SMILES string of the molecule is NC(=S)N/N=C1/CCCN(Cc2ccccc2)C1. The van der Waals surface area contributed by atoms with Crippen LogP contribution in [-0.4, -0.2) is 28.8 Å². The lowest BCUT2D eigenvalue weighted by Crippen LogP contribution is -2.37. The number of nitrogens with two attached hydrogens (primary N) is 1. The number of piperidine rings is 1. The van der Waals surface area contributed by atoms with Crippen molar-refractivity contribution in [2.75, 3.05) is 13.1 Å². The largest absolute Gasteiger partial charge is 0.375 e. The van der Waals surface area contributed by atoms with Crippen LogP contribution in [0.3, 0.4) is 0 Å². The summed E-state index contributed by atoms with van der Waals surface area (Å²) in [6.07, 6.45) is 2.14. The second kappa shape index (κ2) is 6.47. The molecule has 4 nitrogen and oxygen atoms in total. The number of hydrazone groups is 1. The molecule has 18 heavy (non-hydrogen) atoms. The summed E-state index contributed by atoms with van der Waals surface area (Å²) in [5.74, 6) is 0. The second-order valence-electron chi connectivity index (χ2n) is 4.45. The Bertz CT molecular complexity index is 430. The van der Waals surface area contributed by atoms with E-state index in [2.05, 4.69) is 39.7 Å². The molecule has 1 aliphatic heterocycles. The zero-order chi connectivity index (χ0) is 12.8. The van der Waals surface area contributed by atoms with Gasteiger partial charge >= 0.3 is 0 Å². The number of rotatable bonds is 3. The molecule has 0 atom stereocenters. The quantitative estimate of drug-likeness (QED) is 0.640. The van der Waals surface area contributed by atoms with E-state index in [0.717, 1.165) is 38.2 Å². The van der Waals surface area contributed by atoms with E-state index in [4.69, 9.17) is 18.0 Å². The molecule has 0 saturated carbocycles. The molecule has 0 spiro atoms. The Morgan fingerprint density at radius 2 is 2.17 bits per heavy atom. The summed E-state index contributed by atoms with van der Waals surface area (Å²) in [5.41, 5.74) is 10.5. The van der Waals surface area contributed by atoms with Crippen molar-refractivity contribution in [1.29, 1.82) is 0 Å². The van der Waals surface area contributed by atoms with Gasteiger partial charge in [-0.1, -0.05) is 30.3 Å². The number of hydrogen-bond acceptors (Lipinski definition) is 3. The summed E-state index contributed by atoms with van der Waals surface area (Å²) in [7, 11) is 0. The van der Waals surface area contributed by atoms with Crippen molar-refractivity contribution in [3.8, 4) is 0 Å². The Morgan fingerprint density at radius 3 is 2.89 bits per heavy atom. The number of thiocarbonyl (C=S) groups is 1. The van der Waals surface area contributed by atoms with E-state index in [0.29, 0.717) is 0 Å². The van der Waals surface area contributed by atoms with Crippen molar-refractivity contribution < 1.29 is 0 Å². The highest BCUT2D eigenvalue weighted by atomic mass is 32.1. The molecular weight excluding hydrogens is 244 g/mol. The summed E-state index contributed by atoms with van der Waals surface area (Å²) in [6, 6.07) is 10.5. The maximum Gasteiger partial charge on any atom is 0.184 e. The standard InChI is InChI=1S/C13H18N4S/c14-13(18)16-15-12-7-4-8-17(10-12)9-11-5-2-1-3-6-11/h1-3,5-6H,4,7-10H2,(H3,14,16,18)/b15-12-. The number of likely N-dealkylation sites (tertiary alicyclic amines) is 1. The second-order valence-corrected chi connectivity index (χ2v) is 4.89. The van der Waals surface area contributed by atoms with Gasteiger partial charge in [-0.25, -0.2) is 0 Å². The fourth-order valence-electron chi connectivity index (χ4n) is 2.12. The van der Waals surface area contributed by atoms with Crippen LogP contribution in [0.4, 0.5) is 0 Å². The molecule has 0 amide bonds. The third-order valence-electron chi connectivity index (χ3n) is 2.92. The van der Waals surface area contributed by atoms with Crippen LogP contribution in [-0.2, 0) is 6.54 Å². The lowest BCUT2D eigenvalue weighted by atomic mass is 10.1. The van der Waals surface area contributed by atoms with Crippen LogP contribution in [0.2, 0.25) is 0 Å². The number of hydrogen-bond donors (Lipinski definition) is 2. The zero-order valence-corrected chi connectivity index (χ0v) is 11.1. The van der Waals surface area contributed by atoms with Gasteiger partial charge in [0.15, 0.2) is 5.11 Å². The first-order chi connectivity index (χ1) is 8.74. The van der Waals surface area contributed by atoms with Crippen LogP contribution in [0.1, 0.15) is 18.4 Å². The van der Waals surface area contributed by atoms with Gasteiger partial charge in [-0.3, -0.25) is 10.3 Å². The Kier molecular flexibility index (Phi) is 4.66. The van der Waals surface area contributed by atoms with E-state index >= 15 is 0 Å². The summed E-state index contributed by atoms with van der Waals surface area (Å²) in [4.78, 5) is 2.39. The first-order valence-corrected chi connectivity index (χ1v) is 6.52. The fourth-order valence-corrected chi connectivity index (χ4v) is 2.17. The molecule has 3 N–H and O–H groups in total. The van der Waals surface area contributed by atoms with E-state index in [1.165, 1.54) is 5.56 Å². The predicted octanol–water partition coefficient (Wildman–Crippen LogP) is 1.47. The van der Waals surface area contributed by atoms with Gasteiger partial charge in [0.1, 0.15) is 0 Å². The molecule has 1 aromatic rings. The van der Waals surface area contributed by atoms with Gasteiger partial charge in [0.05, 0.1) is 5.71 Å². The van der Waals surface area contributed by atoms with Crippen molar-refractivity contribution in [2.45, 2.75) is 19.4 Å². The van der Waals surface area contributed by atoms with Crippen LogP contribution < -0.4 is 11.2 Å². The van der Waals surface area contributed by atoms with Crippen LogP contribution in [0.5, 0.6) is 0 Å². The summed E-state index contributed by atoms with van der Waals surface area (Å²) < 4.78 is 0. The van der Waals surface area contributed by atoms with Gasteiger partial charge in [-0.2, -0.15) is 5.10 Å². The van der Waals surface area contributed by atoms with Crippen LogP contribution >= 0.6 is 12.2 Å². The van der Waals surface area contributed by atoms with Crippen LogP contribution in [0, 0.1) is 0 Å².